The average Bonchev–Trinajstić information content (AvgIpc) is 2.88. The Morgan fingerprint density at radius 1 is 1.08 bits per heavy atom. The van der Waals surface area contributed by atoms with E-state index in [-0.39, 0.29) is 6.54 Å². The van der Waals surface area contributed by atoms with Gasteiger partial charge in [-0.1, -0.05) is 30.3 Å². The fourth-order valence-electron chi connectivity index (χ4n) is 4.28. The largest absolute Gasteiger partial charge is 0.480 e. The summed E-state index contributed by atoms with van der Waals surface area (Å²) in [6, 6.07) is 10.6. The van der Waals surface area contributed by atoms with Gasteiger partial charge in [0.1, 0.15) is 24.4 Å². The maximum absolute atomic E-state index is 13.2. The van der Waals surface area contributed by atoms with E-state index in [1.54, 1.807) is 18.2 Å². The van der Waals surface area contributed by atoms with Gasteiger partial charge in [0.05, 0.1) is 12.6 Å². The van der Waals surface area contributed by atoms with Crippen LogP contribution in [0.3, 0.4) is 0 Å². The van der Waals surface area contributed by atoms with Gasteiger partial charge in [0, 0.05) is 12.1 Å². The lowest BCUT2D eigenvalue weighted by molar-refractivity contribution is -0.254. The van der Waals surface area contributed by atoms with Gasteiger partial charge >= 0.3 is 5.97 Å². The van der Waals surface area contributed by atoms with Crippen LogP contribution < -0.4 is 10.6 Å². The van der Waals surface area contributed by atoms with Gasteiger partial charge in [0.15, 0.2) is 6.29 Å². The molecule has 1 amide bonds. The Morgan fingerprint density at radius 3 is 2.46 bits per heavy atom. The molecule has 2 aromatic carbocycles. The van der Waals surface area contributed by atoms with Crippen molar-refractivity contribution in [3.63, 3.8) is 0 Å². The molecule has 0 aromatic heterocycles. The monoisotopic (exact) mass is 534 g/mol. The van der Waals surface area contributed by atoms with E-state index in [4.69, 9.17) is 4.74 Å². The number of ether oxygens (including phenoxy) is 1. The van der Waals surface area contributed by atoms with Crippen molar-refractivity contribution in [2.24, 2.45) is 0 Å². The highest BCUT2D eigenvalue weighted by Gasteiger charge is 2.43. The molecule has 0 spiro atoms. The van der Waals surface area contributed by atoms with E-state index in [0.29, 0.717) is 28.9 Å². The lowest BCUT2D eigenvalue weighted by Crippen LogP contribution is -2.63. The van der Waals surface area contributed by atoms with Crippen LogP contribution in [0.5, 0.6) is 0 Å². The van der Waals surface area contributed by atoms with E-state index in [9.17, 15) is 35.1 Å². The maximum Gasteiger partial charge on any atom is 0.326 e. The number of aliphatic carboxylic acids is 1. The van der Waals surface area contributed by atoms with Crippen molar-refractivity contribution in [1.29, 1.82) is 0 Å². The zero-order valence-corrected chi connectivity index (χ0v) is 21.5. The molecule has 1 aliphatic rings. The predicted molar refractivity (Wildman–Crippen MR) is 139 cm³/mol. The van der Waals surface area contributed by atoms with E-state index in [1.165, 1.54) is 11.8 Å². The van der Waals surface area contributed by atoms with Crippen molar-refractivity contribution in [2.75, 3.05) is 18.6 Å². The number of carbonyl (C=O) groups excluding carboxylic acids is 1. The third kappa shape index (κ3) is 7.08. The van der Waals surface area contributed by atoms with E-state index >= 15 is 0 Å². The quantitative estimate of drug-likeness (QED) is 0.215. The van der Waals surface area contributed by atoms with Crippen LogP contribution in [-0.4, -0.2) is 92.7 Å². The predicted octanol–water partition coefficient (Wildman–Crippen LogP) is 0.488. The third-order valence-electron chi connectivity index (χ3n) is 6.42. The molecule has 1 saturated heterocycles. The summed E-state index contributed by atoms with van der Waals surface area (Å²) in [6.07, 6.45) is -3.15. The van der Waals surface area contributed by atoms with Crippen LogP contribution >= 0.6 is 11.8 Å². The summed E-state index contributed by atoms with van der Waals surface area (Å²) >= 11 is 1.50. The minimum Gasteiger partial charge on any atom is -0.480 e. The first-order valence-corrected chi connectivity index (χ1v) is 13.3. The van der Waals surface area contributed by atoms with Crippen LogP contribution in [0.1, 0.15) is 27.9 Å². The zero-order valence-electron chi connectivity index (χ0n) is 20.7. The molecule has 3 rings (SSSR count). The van der Waals surface area contributed by atoms with Crippen molar-refractivity contribution in [2.45, 2.75) is 56.6 Å². The van der Waals surface area contributed by atoms with Crippen molar-refractivity contribution < 1.29 is 39.9 Å². The fraction of sp³-hybridized carbons (Fsp3) is 0.462. The number of amides is 1. The summed E-state index contributed by atoms with van der Waals surface area (Å²) in [4.78, 5) is 24.9. The van der Waals surface area contributed by atoms with E-state index < -0.39 is 55.2 Å². The highest BCUT2D eigenvalue weighted by atomic mass is 32.2. The summed E-state index contributed by atoms with van der Waals surface area (Å²) in [6.45, 7) is 1.52. The smallest absolute Gasteiger partial charge is 0.326 e. The van der Waals surface area contributed by atoms with Crippen LogP contribution in [0.25, 0.3) is 11.1 Å². The lowest BCUT2D eigenvalue weighted by atomic mass is 9.93. The lowest BCUT2D eigenvalue weighted by Gasteiger charge is -2.40. The molecule has 11 heteroatoms. The van der Waals surface area contributed by atoms with Crippen molar-refractivity contribution >= 4 is 23.6 Å². The molecule has 0 saturated carbocycles. The van der Waals surface area contributed by atoms with Crippen molar-refractivity contribution in [3.8, 4) is 11.1 Å². The summed E-state index contributed by atoms with van der Waals surface area (Å²) in [5, 5.41) is 55.2. The van der Waals surface area contributed by atoms with Gasteiger partial charge in [-0.25, -0.2) is 4.79 Å². The number of nitrogens with one attached hydrogen (secondary N) is 2. The number of rotatable bonds is 11. The van der Waals surface area contributed by atoms with Crippen molar-refractivity contribution in [3.05, 3.63) is 59.2 Å². The molecule has 0 unspecified atom stereocenters. The molecule has 1 fully saturated rings. The molecule has 6 atom stereocenters. The van der Waals surface area contributed by atoms with E-state index in [1.807, 2.05) is 37.4 Å². The molecule has 1 heterocycles. The topological polar surface area (TPSA) is 169 Å². The number of aliphatic hydroxyl groups excluding tert-OH is 4. The zero-order chi connectivity index (χ0) is 27.1. The van der Waals surface area contributed by atoms with Gasteiger partial charge in [-0.05, 0) is 59.7 Å². The SMILES string of the molecule is CSCC[C@H](NC(=O)c1ccc(CN[C@@H]2[C@@H](O)[C@H](O)[C@@H](CO)O[C@H]2O)cc1-c1ccccc1C)C(=O)O. The molecule has 0 aliphatic carbocycles. The number of thioether (sulfide) groups is 1. The maximum atomic E-state index is 13.2. The summed E-state index contributed by atoms with van der Waals surface area (Å²) < 4.78 is 5.19. The number of hydrogen-bond donors (Lipinski definition) is 7. The van der Waals surface area contributed by atoms with Gasteiger partial charge < -0.3 is 40.9 Å². The molecule has 0 radical (unpaired) electrons. The second-order valence-electron chi connectivity index (χ2n) is 8.98. The van der Waals surface area contributed by atoms with Gasteiger partial charge in [-0.3, -0.25) is 4.79 Å². The molecular formula is C26H34N2O8S. The molecule has 202 valence electrons. The molecule has 7 N–H and O–H groups in total. The van der Waals surface area contributed by atoms with Crippen LogP contribution in [0.4, 0.5) is 0 Å². The molecule has 10 nitrogen and oxygen atoms in total. The van der Waals surface area contributed by atoms with E-state index in [0.717, 1.165) is 11.1 Å². The van der Waals surface area contributed by atoms with Gasteiger partial charge in [-0.15, -0.1) is 0 Å². The van der Waals surface area contributed by atoms with Crippen LogP contribution in [0.15, 0.2) is 42.5 Å². The first kappa shape index (κ1) is 29.1. The fourth-order valence-corrected chi connectivity index (χ4v) is 4.75. The minimum atomic E-state index is -1.45. The first-order valence-electron chi connectivity index (χ1n) is 11.9. The molecule has 37 heavy (non-hydrogen) atoms. The highest BCUT2D eigenvalue weighted by molar-refractivity contribution is 7.98. The number of carboxylic acid groups (broad SMARTS) is 1. The Morgan fingerprint density at radius 2 is 1.81 bits per heavy atom. The molecule has 1 aliphatic heterocycles. The summed E-state index contributed by atoms with van der Waals surface area (Å²) in [7, 11) is 0. The number of aliphatic hydroxyl groups is 4. The second-order valence-corrected chi connectivity index (χ2v) is 9.96. The molecule has 0 bridgehead atoms. The Bertz CT molecular complexity index is 1080. The second kappa shape index (κ2) is 13.3. The summed E-state index contributed by atoms with van der Waals surface area (Å²) in [5.41, 5.74) is 3.35. The Hall–Kier alpha value is -2.51. The Kier molecular flexibility index (Phi) is 10.5. The van der Waals surface area contributed by atoms with Gasteiger partial charge in [0.25, 0.3) is 5.91 Å². The van der Waals surface area contributed by atoms with Gasteiger partial charge in [-0.2, -0.15) is 11.8 Å². The number of hydrogen-bond acceptors (Lipinski definition) is 9. The molecule has 2 aromatic rings. The summed E-state index contributed by atoms with van der Waals surface area (Å²) in [5.74, 6) is -1.02. The molecular weight excluding hydrogens is 500 g/mol. The number of benzene rings is 2. The van der Waals surface area contributed by atoms with E-state index in [2.05, 4.69) is 10.6 Å². The minimum absolute atomic E-state index is 0.158. The number of aryl methyl sites for hydroxylation is 1. The first-order chi connectivity index (χ1) is 17.7. The van der Waals surface area contributed by atoms with Crippen LogP contribution in [0.2, 0.25) is 0 Å². The van der Waals surface area contributed by atoms with Gasteiger partial charge in [0.2, 0.25) is 0 Å². The van der Waals surface area contributed by atoms with Crippen molar-refractivity contribution in [1.82, 2.24) is 10.6 Å². The normalized spacial score (nSPS) is 24.4. The number of carbonyl (C=O) groups is 2. The van der Waals surface area contributed by atoms with Crippen LogP contribution in [0, 0.1) is 6.92 Å². The third-order valence-corrected chi connectivity index (χ3v) is 7.06. The number of carboxylic acids is 1. The Balaban J connectivity index is 1.87. The average molecular weight is 535 g/mol. The highest BCUT2D eigenvalue weighted by Crippen LogP contribution is 2.29. The Labute approximate surface area is 219 Å². The van der Waals surface area contributed by atoms with Crippen LogP contribution in [-0.2, 0) is 16.1 Å². The standard InChI is InChI=1S/C26H34N2O8S/c1-14-5-3-4-6-16(14)18-11-15(12-27-21-23(31)22(30)20(13-29)36-26(21)35)7-8-17(18)24(32)28-19(25(33)34)9-10-37-2/h3-8,11,19-23,26-27,29-31,35H,9-10,12-13H2,1-2H3,(H,28,32)(H,33,34)/t19-,20+,21+,22+,23+,26+/m0/s1.